The van der Waals surface area contributed by atoms with Crippen molar-refractivity contribution in [1.29, 1.82) is 0 Å². The van der Waals surface area contributed by atoms with Crippen molar-refractivity contribution < 1.29 is 14.3 Å². The van der Waals surface area contributed by atoms with Crippen LogP contribution in [-0.4, -0.2) is 25.0 Å². The van der Waals surface area contributed by atoms with E-state index in [2.05, 4.69) is 28.1 Å². The molecule has 0 saturated heterocycles. The maximum absolute atomic E-state index is 12.3. The van der Waals surface area contributed by atoms with E-state index in [1.807, 2.05) is 42.5 Å². The molecule has 31 heavy (non-hydrogen) atoms. The summed E-state index contributed by atoms with van der Waals surface area (Å²) in [5.74, 6) is 0.419. The van der Waals surface area contributed by atoms with Crippen molar-refractivity contribution in [2.24, 2.45) is 0 Å². The molecule has 6 heteroatoms. The summed E-state index contributed by atoms with van der Waals surface area (Å²) in [5.41, 5.74) is 3.36. The molecule has 0 aliphatic carbocycles. The number of ether oxygens (including phenoxy) is 1. The molecule has 0 heterocycles. The van der Waals surface area contributed by atoms with Crippen molar-refractivity contribution in [2.75, 3.05) is 29.1 Å². The zero-order valence-corrected chi connectivity index (χ0v) is 17.6. The van der Waals surface area contributed by atoms with Gasteiger partial charge in [0, 0.05) is 30.1 Å². The Labute approximate surface area is 182 Å². The van der Waals surface area contributed by atoms with Crippen LogP contribution in [0.15, 0.2) is 78.9 Å². The minimum Gasteiger partial charge on any atom is -0.494 e. The lowest BCUT2D eigenvalue weighted by Gasteiger charge is -2.11. The summed E-state index contributed by atoms with van der Waals surface area (Å²) < 4.78 is 5.84. The Morgan fingerprint density at radius 1 is 0.806 bits per heavy atom. The topological polar surface area (TPSA) is 79.5 Å². The SMILES string of the molecule is CC(=O)Nc1cccc(NC(=O)CNc2cccc(OCCCc3ccccc3)c2)c1. The number of hydrogen-bond donors (Lipinski definition) is 3. The highest BCUT2D eigenvalue weighted by Gasteiger charge is 2.05. The maximum atomic E-state index is 12.3. The second-order valence-electron chi connectivity index (χ2n) is 7.13. The molecule has 0 aliphatic rings. The summed E-state index contributed by atoms with van der Waals surface area (Å²) in [6.07, 6.45) is 1.91. The van der Waals surface area contributed by atoms with E-state index >= 15 is 0 Å². The molecule has 2 amide bonds. The Balaban J connectivity index is 1.43. The Bertz CT molecular complexity index is 1010. The Morgan fingerprint density at radius 3 is 2.29 bits per heavy atom. The standard InChI is InChI=1S/C25H27N3O3/c1-19(29)27-22-12-5-13-23(16-22)28-25(30)18-26-21-11-6-14-24(17-21)31-15-7-10-20-8-3-2-4-9-20/h2-6,8-9,11-14,16-17,26H,7,10,15,18H2,1H3,(H,27,29)(H,28,30). The van der Waals surface area contributed by atoms with Gasteiger partial charge in [-0.1, -0.05) is 42.5 Å². The van der Waals surface area contributed by atoms with Gasteiger partial charge in [0.05, 0.1) is 13.2 Å². The fourth-order valence-corrected chi connectivity index (χ4v) is 3.07. The lowest BCUT2D eigenvalue weighted by atomic mass is 10.1. The van der Waals surface area contributed by atoms with E-state index in [4.69, 9.17) is 4.74 Å². The lowest BCUT2D eigenvalue weighted by Crippen LogP contribution is -2.21. The van der Waals surface area contributed by atoms with E-state index in [9.17, 15) is 9.59 Å². The highest BCUT2D eigenvalue weighted by Crippen LogP contribution is 2.18. The predicted octanol–water partition coefficient (Wildman–Crippen LogP) is 4.71. The molecule has 0 bridgehead atoms. The van der Waals surface area contributed by atoms with Crippen molar-refractivity contribution in [1.82, 2.24) is 0 Å². The second-order valence-corrected chi connectivity index (χ2v) is 7.13. The average Bonchev–Trinajstić information content (AvgIpc) is 2.76. The highest BCUT2D eigenvalue weighted by molar-refractivity contribution is 5.95. The third kappa shape index (κ3) is 7.85. The van der Waals surface area contributed by atoms with E-state index in [1.54, 1.807) is 24.3 Å². The molecule has 0 unspecified atom stereocenters. The number of rotatable bonds is 10. The van der Waals surface area contributed by atoms with Crippen LogP contribution in [0.3, 0.4) is 0 Å². The number of carbonyl (C=O) groups excluding carboxylic acids is 2. The van der Waals surface area contributed by atoms with Crippen LogP contribution in [0, 0.1) is 0 Å². The number of anilines is 3. The van der Waals surface area contributed by atoms with Gasteiger partial charge in [-0.3, -0.25) is 9.59 Å². The molecule has 0 spiro atoms. The van der Waals surface area contributed by atoms with Crippen LogP contribution in [0.5, 0.6) is 5.75 Å². The van der Waals surface area contributed by atoms with Gasteiger partial charge in [-0.25, -0.2) is 0 Å². The van der Waals surface area contributed by atoms with Crippen LogP contribution in [0.1, 0.15) is 18.9 Å². The number of aryl methyl sites for hydroxylation is 1. The van der Waals surface area contributed by atoms with Crippen molar-refractivity contribution in [2.45, 2.75) is 19.8 Å². The first-order valence-electron chi connectivity index (χ1n) is 10.3. The molecule has 6 nitrogen and oxygen atoms in total. The number of carbonyl (C=O) groups is 2. The van der Waals surface area contributed by atoms with Crippen LogP contribution in [0.4, 0.5) is 17.1 Å². The summed E-state index contributed by atoms with van der Waals surface area (Å²) in [4.78, 5) is 23.4. The van der Waals surface area contributed by atoms with E-state index in [0.717, 1.165) is 24.3 Å². The summed E-state index contributed by atoms with van der Waals surface area (Å²) in [6.45, 7) is 2.18. The van der Waals surface area contributed by atoms with Crippen molar-refractivity contribution >= 4 is 28.9 Å². The molecule has 0 saturated carbocycles. The predicted molar refractivity (Wildman–Crippen MR) is 125 cm³/mol. The van der Waals surface area contributed by atoms with Crippen LogP contribution in [-0.2, 0) is 16.0 Å². The van der Waals surface area contributed by atoms with Gasteiger partial charge in [0.25, 0.3) is 0 Å². The first-order chi connectivity index (χ1) is 15.1. The van der Waals surface area contributed by atoms with Crippen LogP contribution in [0.25, 0.3) is 0 Å². The van der Waals surface area contributed by atoms with E-state index in [-0.39, 0.29) is 18.4 Å². The molecule has 0 aliphatic heterocycles. The average molecular weight is 418 g/mol. The quantitative estimate of drug-likeness (QED) is 0.418. The maximum Gasteiger partial charge on any atom is 0.243 e. The van der Waals surface area contributed by atoms with Gasteiger partial charge in [0.15, 0.2) is 0 Å². The minimum absolute atomic E-state index is 0.113. The van der Waals surface area contributed by atoms with Gasteiger partial charge in [-0.05, 0) is 48.7 Å². The molecule has 3 N–H and O–H groups in total. The molecule has 0 fully saturated rings. The third-order valence-electron chi connectivity index (χ3n) is 4.48. The van der Waals surface area contributed by atoms with Crippen LogP contribution < -0.4 is 20.7 Å². The van der Waals surface area contributed by atoms with Gasteiger partial charge in [0.2, 0.25) is 11.8 Å². The fourth-order valence-electron chi connectivity index (χ4n) is 3.07. The largest absolute Gasteiger partial charge is 0.494 e. The minimum atomic E-state index is -0.186. The summed E-state index contributed by atoms with van der Waals surface area (Å²) >= 11 is 0. The molecular weight excluding hydrogens is 390 g/mol. The van der Waals surface area contributed by atoms with Gasteiger partial charge in [-0.15, -0.1) is 0 Å². The van der Waals surface area contributed by atoms with Crippen LogP contribution in [0.2, 0.25) is 0 Å². The number of amides is 2. The van der Waals surface area contributed by atoms with Gasteiger partial charge in [0.1, 0.15) is 5.75 Å². The van der Waals surface area contributed by atoms with Crippen molar-refractivity contribution in [3.05, 3.63) is 84.4 Å². The van der Waals surface area contributed by atoms with Crippen molar-refractivity contribution in [3.63, 3.8) is 0 Å². The third-order valence-corrected chi connectivity index (χ3v) is 4.48. The number of benzene rings is 3. The van der Waals surface area contributed by atoms with Crippen molar-refractivity contribution in [3.8, 4) is 5.75 Å². The normalized spacial score (nSPS) is 10.2. The zero-order valence-electron chi connectivity index (χ0n) is 17.6. The first-order valence-corrected chi connectivity index (χ1v) is 10.3. The lowest BCUT2D eigenvalue weighted by molar-refractivity contribution is -0.115. The molecule has 160 valence electrons. The fraction of sp³-hybridized carbons (Fsp3) is 0.200. The monoisotopic (exact) mass is 417 g/mol. The molecular formula is C25H27N3O3. The Hall–Kier alpha value is -3.80. The van der Waals surface area contributed by atoms with Crippen LogP contribution >= 0.6 is 0 Å². The van der Waals surface area contributed by atoms with E-state index in [0.29, 0.717) is 18.0 Å². The smallest absolute Gasteiger partial charge is 0.243 e. The molecule has 3 rings (SSSR count). The Morgan fingerprint density at radius 2 is 1.52 bits per heavy atom. The summed E-state index contributed by atoms with van der Waals surface area (Å²) in [7, 11) is 0. The second kappa shape index (κ2) is 11.4. The number of hydrogen-bond acceptors (Lipinski definition) is 4. The summed E-state index contributed by atoms with van der Waals surface area (Å²) in [5, 5.41) is 8.61. The Kier molecular flexibility index (Phi) is 8.05. The van der Waals surface area contributed by atoms with E-state index < -0.39 is 0 Å². The van der Waals surface area contributed by atoms with E-state index in [1.165, 1.54) is 12.5 Å². The molecule has 3 aromatic carbocycles. The molecule has 0 atom stereocenters. The first kappa shape index (κ1) is 21.9. The molecule has 0 radical (unpaired) electrons. The van der Waals surface area contributed by atoms with Gasteiger partial charge >= 0.3 is 0 Å². The molecule has 3 aromatic rings. The highest BCUT2D eigenvalue weighted by atomic mass is 16.5. The zero-order chi connectivity index (χ0) is 21.9. The molecule has 0 aromatic heterocycles. The van der Waals surface area contributed by atoms with Gasteiger partial charge in [-0.2, -0.15) is 0 Å². The van der Waals surface area contributed by atoms with Gasteiger partial charge < -0.3 is 20.7 Å². The summed E-state index contributed by atoms with van der Waals surface area (Å²) in [6, 6.07) is 24.9. The number of nitrogens with one attached hydrogen (secondary N) is 3.